The van der Waals surface area contributed by atoms with Gasteiger partial charge < -0.3 is 10.6 Å². The average Bonchev–Trinajstić information content (AvgIpc) is 3.24. The van der Waals surface area contributed by atoms with Gasteiger partial charge in [0.15, 0.2) is 5.11 Å². The van der Waals surface area contributed by atoms with E-state index in [2.05, 4.69) is 35.3 Å². The molecule has 1 aliphatic heterocycles. The summed E-state index contributed by atoms with van der Waals surface area (Å²) in [5.74, 6) is 0.834. The number of rotatable bonds is 5. The molecule has 3 atom stereocenters. The van der Waals surface area contributed by atoms with Crippen LogP contribution in [0.2, 0.25) is 0 Å². The Bertz CT molecular complexity index is 665. The SMILES string of the molecule is C[C@@H]1[C@H](C)CCC[C@H]1NC(=S)NNC(=O)CCCN1C(=O)NC2(CCCC2)C1=O. The van der Waals surface area contributed by atoms with Gasteiger partial charge in [-0.15, -0.1) is 0 Å². The van der Waals surface area contributed by atoms with Gasteiger partial charge in [0.25, 0.3) is 5.91 Å². The van der Waals surface area contributed by atoms with Crippen LogP contribution in [0.5, 0.6) is 0 Å². The third-order valence-electron chi connectivity index (χ3n) is 6.83. The van der Waals surface area contributed by atoms with Crippen LogP contribution in [0.1, 0.15) is 71.6 Å². The van der Waals surface area contributed by atoms with E-state index >= 15 is 0 Å². The van der Waals surface area contributed by atoms with Crippen LogP contribution in [0.4, 0.5) is 4.79 Å². The van der Waals surface area contributed by atoms with Gasteiger partial charge in [-0.05, 0) is 49.7 Å². The second-order valence-corrected chi connectivity index (χ2v) is 9.21. The van der Waals surface area contributed by atoms with E-state index in [4.69, 9.17) is 12.2 Å². The van der Waals surface area contributed by atoms with Crippen molar-refractivity contribution in [3.05, 3.63) is 0 Å². The molecule has 3 fully saturated rings. The zero-order valence-corrected chi connectivity index (χ0v) is 18.2. The molecule has 2 saturated carbocycles. The van der Waals surface area contributed by atoms with Gasteiger partial charge in [-0.25, -0.2) is 4.79 Å². The minimum Gasteiger partial charge on any atom is -0.358 e. The standard InChI is InChI=1S/C20H33N5O3S/c1-13-7-5-8-15(14(13)2)21-18(29)24-23-16(26)9-6-12-25-17(27)20(22-19(25)28)10-3-4-11-20/h13-15H,3-12H2,1-2H3,(H,22,28)(H,23,26)(H2,21,24,29)/t13-,14-,15-/m1/s1. The Morgan fingerprint density at radius 3 is 2.62 bits per heavy atom. The lowest BCUT2D eigenvalue weighted by Gasteiger charge is -2.35. The Balaban J connectivity index is 1.34. The summed E-state index contributed by atoms with van der Waals surface area (Å²) in [7, 11) is 0. The fourth-order valence-corrected chi connectivity index (χ4v) is 4.98. The molecule has 0 aromatic rings. The third kappa shape index (κ3) is 4.99. The highest BCUT2D eigenvalue weighted by atomic mass is 32.1. The largest absolute Gasteiger partial charge is 0.358 e. The van der Waals surface area contributed by atoms with E-state index in [1.54, 1.807) is 0 Å². The average molecular weight is 424 g/mol. The van der Waals surface area contributed by atoms with Crippen LogP contribution >= 0.6 is 12.2 Å². The molecular weight excluding hydrogens is 390 g/mol. The van der Waals surface area contributed by atoms with Crippen LogP contribution in [0, 0.1) is 11.8 Å². The van der Waals surface area contributed by atoms with Gasteiger partial charge in [-0.1, -0.05) is 39.5 Å². The Kier molecular flexibility index (Phi) is 6.97. The number of imide groups is 1. The van der Waals surface area contributed by atoms with E-state index in [1.807, 2.05) is 0 Å². The van der Waals surface area contributed by atoms with Gasteiger partial charge in [0.1, 0.15) is 5.54 Å². The van der Waals surface area contributed by atoms with Crippen molar-refractivity contribution in [2.45, 2.75) is 83.2 Å². The third-order valence-corrected chi connectivity index (χ3v) is 7.05. The molecule has 2 aliphatic carbocycles. The summed E-state index contributed by atoms with van der Waals surface area (Å²) >= 11 is 5.29. The number of hydrazine groups is 1. The number of carbonyl (C=O) groups is 3. The molecule has 0 unspecified atom stereocenters. The van der Waals surface area contributed by atoms with Crippen molar-refractivity contribution >= 4 is 35.2 Å². The van der Waals surface area contributed by atoms with E-state index in [-0.39, 0.29) is 30.8 Å². The van der Waals surface area contributed by atoms with Gasteiger partial charge >= 0.3 is 6.03 Å². The number of nitrogens with one attached hydrogen (secondary N) is 4. The zero-order valence-electron chi connectivity index (χ0n) is 17.4. The maximum atomic E-state index is 12.6. The molecule has 3 rings (SSSR count). The highest BCUT2D eigenvalue weighted by Gasteiger charge is 2.52. The number of hydrogen-bond acceptors (Lipinski definition) is 4. The molecular formula is C20H33N5O3S. The predicted molar refractivity (Wildman–Crippen MR) is 114 cm³/mol. The van der Waals surface area contributed by atoms with Gasteiger partial charge in [-0.2, -0.15) is 0 Å². The highest BCUT2D eigenvalue weighted by molar-refractivity contribution is 7.80. The first-order valence-electron chi connectivity index (χ1n) is 10.8. The van der Waals surface area contributed by atoms with Gasteiger partial charge in [0, 0.05) is 19.0 Å². The van der Waals surface area contributed by atoms with Crippen LogP contribution in [0.25, 0.3) is 0 Å². The maximum Gasteiger partial charge on any atom is 0.325 e. The van der Waals surface area contributed by atoms with E-state index in [0.717, 1.165) is 19.3 Å². The Hall–Kier alpha value is -1.90. The van der Waals surface area contributed by atoms with Crippen molar-refractivity contribution < 1.29 is 14.4 Å². The molecule has 4 amide bonds. The molecule has 162 valence electrons. The molecule has 4 N–H and O–H groups in total. The second kappa shape index (κ2) is 9.28. The fourth-order valence-electron chi connectivity index (χ4n) is 4.77. The lowest BCUT2D eigenvalue weighted by atomic mass is 9.78. The smallest absolute Gasteiger partial charge is 0.325 e. The monoisotopic (exact) mass is 423 g/mol. The summed E-state index contributed by atoms with van der Waals surface area (Å²) in [6, 6.07) is -0.0186. The first kappa shape index (κ1) is 21.8. The number of nitrogens with zero attached hydrogens (tertiary/aromatic N) is 1. The normalized spacial score (nSPS) is 28.3. The van der Waals surface area contributed by atoms with E-state index in [9.17, 15) is 14.4 Å². The first-order chi connectivity index (χ1) is 13.8. The van der Waals surface area contributed by atoms with Gasteiger partial charge in [0.05, 0.1) is 0 Å². The Morgan fingerprint density at radius 2 is 1.90 bits per heavy atom. The molecule has 1 spiro atoms. The molecule has 9 heteroatoms. The zero-order chi connectivity index (χ0) is 21.0. The second-order valence-electron chi connectivity index (χ2n) is 8.80. The molecule has 8 nitrogen and oxygen atoms in total. The van der Waals surface area contributed by atoms with Crippen LogP contribution in [-0.2, 0) is 9.59 Å². The first-order valence-corrected chi connectivity index (χ1v) is 11.2. The number of amides is 4. The van der Waals surface area contributed by atoms with Crippen molar-refractivity contribution in [2.75, 3.05) is 6.54 Å². The Labute approximate surface area is 177 Å². The fraction of sp³-hybridized carbons (Fsp3) is 0.800. The van der Waals surface area contributed by atoms with E-state index < -0.39 is 5.54 Å². The maximum absolute atomic E-state index is 12.6. The predicted octanol–water partition coefficient (Wildman–Crippen LogP) is 1.95. The molecule has 0 aromatic heterocycles. The number of urea groups is 1. The Morgan fingerprint density at radius 1 is 1.17 bits per heavy atom. The molecule has 3 aliphatic rings. The summed E-state index contributed by atoms with van der Waals surface area (Å²) in [6.45, 7) is 4.74. The van der Waals surface area contributed by atoms with Crippen molar-refractivity contribution in [1.29, 1.82) is 0 Å². The molecule has 29 heavy (non-hydrogen) atoms. The van der Waals surface area contributed by atoms with Crippen LogP contribution in [0.15, 0.2) is 0 Å². The minimum absolute atomic E-state index is 0.139. The summed E-state index contributed by atoms with van der Waals surface area (Å²) in [6.07, 6.45) is 7.46. The number of hydrogen-bond donors (Lipinski definition) is 4. The quantitative estimate of drug-likeness (QED) is 0.306. The van der Waals surface area contributed by atoms with Crippen molar-refractivity contribution in [2.24, 2.45) is 11.8 Å². The highest BCUT2D eigenvalue weighted by Crippen LogP contribution is 2.35. The summed E-state index contributed by atoms with van der Waals surface area (Å²) in [4.78, 5) is 38.0. The van der Waals surface area contributed by atoms with Gasteiger partial charge in [-0.3, -0.25) is 25.3 Å². The van der Waals surface area contributed by atoms with Crippen molar-refractivity contribution in [3.8, 4) is 0 Å². The summed E-state index contributed by atoms with van der Waals surface area (Å²) in [5, 5.41) is 6.56. The molecule has 0 radical (unpaired) electrons. The lowest BCUT2D eigenvalue weighted by molar-refractivity contribution is -0.131. The van der Waals surface area contributed by atoms with Crippen LogP contribution in [0.3, 0.4) is 0 Å². The number of carbonyl (C=O) groups excluding carboxylic acids is 3. The van der Waals surface area contributed by atoms with Gasteiger partial charge in [0.2, 0.25) is 5.91 Å². The molecule has 1 saturated heterocycles. The van der Waals surface area contributed by atoms with E-state index in [1.165, 1.54) is 17.7 Å². The van der Waals surface area contributed by atoms with Crippen LogP contribution < -0.4 is 21.5 Å². The number of thiocarbonyl (C=S) groups is 1. The summed E-state index contributed by atoms with van der Waals surface area (Å²) in [5.41, 5.74) is 4.67. The lowest BCUT2D eigenvalue weighted by Crippen LogP contribution is -2.52. The minimum atomic E-state index is -0.688. The molecule has 0 bridgehead atoms. The molecule has 1 heterocycles. The van der Waals surface area contributed by atoms with E-state index in [0.29, 0.717) is 42.3 Å². The topological polar surface area (TPSA) is 103 Å². The summed E-state index contributed by atoms with van der Waals surface area (Å²) < 4.78 is 0. The van der Waals surface area contributed by atoms with Crippen molar-refractivity contribution in [1.82, 2.24) is 26.4 Å². The van der Waals surface area contributed by atoms with Crippen LogP contribution in [-0.4, -0.2) is 46.0 Å². The molecule has 0 aromatic carbocycles. The van der Waals surface area contributed by atoms with Crippen molar-refractivity contribution in [3.63, 3.8) is 0 Å².